The zero-order chi connectivity index (χ0) is 10.5. The zero-order valence-corrected chi connectivity index (χ0v) is 9.39. The van der Waals surface area contributed by atoms with Crippen molar-refractivity contribution in [2.24, 2.45) is 5.41 Å². The topological polar surface area (TPSA) is 29.5 Å². The minimum atomic E-state index is -0.144. The maximum Gasteiger partial charge on any atom is 0.320 e. The van der Waals surface area contributed by atoms with Gasteiger partial charge in [0.05, 0.1) is 13.2 Å². The van der Waals surface area contributed by atoms with Gasteiger partial charge < -0.3 is 4.74 Å². The molecule has 0 heterocycles. The van der Waals surface area contributed by atoms with E-state index in [9.17, 15) is 4.79 Å². The minimum Gasteiger partial charge on any atom is -0.465 e. The maximum atomic E-state index is 11.1. The fourth-order valence-corrected chi connectivity index (χ4v) is 1.29. The molecule has 0 aliphatic heterocycles. The van der Waals surface area contributed by atoms with Gasteiger partial charge in [0.25, 0.3) is 0 Å². The van der Waals surface area contributed by atoms with Gasteiger partial charge in [-0.1, -0.05) is 20.8 Å². The first-order chi connectivity index (χ1) is 5.85. The van der Waals surface area contributed by atoms with E-state index in [2.05, 4.69) is 20.8 Å². The molecule has 0 aromatic carbocycles. The molecular weight excluding hydrogens is 166 g/mol. The van der Waals surface area contributed by atoms with Gasteiger partial charge in [-0.25, -0.2) is 0 Å². The molecule has 3 nitrogen and oxygen atoms in total. The molecular formula is C10H21NO2. The third kappa shape index (κ3) is 7.78. The molecule has 78 valence electrons. The van der Waals surface area contributed by atoms with Crippen molar-refractivity contribution in [1.29, 1.82) is 0 Å². The van der Waals surface area contributed by atoms with Crippen molar-refractivity contribution in [3.63, 3.8) is 0 Å². The van der Waals surface area contributed by atoms with E-state index in [0.717, 1.165) is 6.54 Å². The van der Waals surface area contributed by atoms with Crippen LogP contribution in [0, 0.1) is 5.41 Å². The van der Waals surface area contributed by atoms with Crippen molar-refractivity contribution in [2.45, 2.75) is 27.7 Å². The molecule has 0 saturated heterocycles. The van der Waals surface area contributed by atoms with Crippen molar-refractivity contribution < 1.29 is 9.53 Å². The van der Waals surface area contributed by atoms with Gasteiger partial charge in [-0.3, -0.25) is 9.69 Å². The summed E-state index contributed by atoms with van der Waals surface area (Å²) >= 11 is 0. The molecule has 0 bridgehead atoms. The Morgan fingerprint density at radius 2 is 1.92 bits per heavy atom. The van der Waals surface area contributed by atoms with Gasteiger partial charge >= 0.3 is 5.97 Å². The van der Waals surface area contributed by atoms with Gasteiger partial charge in [-0.05, 0) is 19.4 Å². The molecule has 0 N–H and O–H groups in total. The van der Waals surface area contributed by atoms with Crippen molar-refractivity contribution in [3.8, 4) is 0 Å². The molecule has 0 aromatic rings. The Kier molecular flexibility index (Phi) is 4.99. The average Bonchev–Trinajstić information content (AvgIpc) is 1.81. The van der Waals surface area contributed by atoms with Crippen LogP contribution in [-0.4, -0.2) is 37.6 Å². The number of hydrogen-bond acceptors (Lipinski definition) is 3. The Hall–Kier alpha value is -0.570. The summed E-state index contributed by atoms with van der Waals surface area (Å²) in [4.78, 5) is 13.1. The number of rotatable bonds is 4. The summed E-state index contributed by atoms with van der Waals surface area (Å²) in [5.41, 5.74) is 0.223. The van der Waals surface area contributed by atoms with Gasteiger partial charge in [0, 0.05) is 6.54 Å². The summed E-state index contributed by atoms with van der Waals surface area (Å²) in [6, 6.07) is 0. The lowest BCUT2D eigenvalue weighted by Gasteiger charge is -2.25. The third-order valence-electron chi connectivity index (χ3n) is 1.45. The normalized spacial score (nSPS) is 11.8. The van der Waals surface area contributed by atoms with E-state index in [0.29, 0.717) is 13.2 Å². The van der Waals surface area contributed by atoms with Crippen molar-refractivity contribution in [1.82, 2.24) is 4.90 Å². The van der Waals surface area contributed by atoms with E-state index in [-0.39, 0.29) is 11.4 Å². The number of carbonyl (C=O) groups is 1. The summed E-state index contributed by atoms with van der Waals surface area (Å²) in [6.07, 6.45) is 0. The Labute approximate surface area is 81.1 Å². The standard InChI is InChI=1S/C10H21NO2/c1-6-13-9(12)7-11(5)8-10(2,3)4/h6-8H2,1-5H3. The van der Waals surface area contributed by atoms with Crippen LogP contribution in [0.2, 0.25) is 0 Å². The summed E-state index contributed by atoms with van der Waals surface area (Å²) < 4.78 is 4.85. The second-order valence-electron chi connectivity index (χ2n) is 4.54. The molecule has 0 aliphatic carbocycles. The molecule has 0 saturated carbocycles. The molecule has 0 unspecified atom stereocenters. The van der Waals surface area contributed by atoms with Crippen LogP contribution >= 0.6 is 0 Å². The smallest absolute Gasteiger partial charge is 0.320 e. The molecule has 0 spiro atoms. The van der Waals surface area contributed by atoms with E-state index in [1.807, 2.05) is 18.9 Å². The van der Waals surface area contributed by atoms with Crippen LogP contribution in [0.4, 0.5) is 0 Å². The molecule has 0 radical (unpaired) electrons. The molecule has 13 heavy (non-hydrogen) atoms. The Bertz CT molecular complexity index is 161. The summed E-state index contributed by atoms with van der Waals surface area (Å²) in [5.74, 6) is -0.144. The first-order valence-electron chi connectivity index (χ1n) is 4.69. The Balaban J connectivity index is 3.74. The third-order valence-corrected chi connectivity index (χ3v) is 1.45. The number of nitrogens with zero attached hydrogens (tertiary/aromatic N) is 1. The number of hydrogen-bond donors (Lipinski definition) is 0. The molecule has 0 atom stereocenters. The van der Waals surface area contributed by atoms with Gasteiger partial charge in [-0.15, -0.1) is 0 Å². The van der Waals surface area contributed by atoms with Crippen molar-refractivity contribution >= 4 is 5.97 Å². The highest BCUT2D eigenvalue weighted by molar-refractivity contribution is 5.71. The molecule has 0 aliphatic rings. The SMILES string of the molecule is CCOC(=O)CN(C)CC(C)(C)C. The van der Waals surface area contributed by atoms with E-state index in [4.69, 9.17) is 4.74 Å². The molecule has 0 fully saturated rings. The van der Waals surface area contributed by atoms with Gasteiger partial charge in [0.2, 0.25) is 0 Å². The highest BCUT2D eigenvalue weighted by atomic mass is 16.5. The fraction of sp³-hybridized carbons (Fsp3) is 0.900. The van der Waals surface area contributed by atoms with E-state index in [1.165, 1.54) is 0 Å². The van der Waals surface area contributed by atoms with E-state index < -0.39 is 0 Å². The van der Waals surface area contributed by atoms with Crippen molar-refractivity contribution in [2.75, 3.05) is 26.7 Å². The van der Waals surface area contributed by atoms with Crippen LogP contribution in [0.3, 0.4) is 0 Å². The van der Waals surface area contributed by atoms with Crippen LogP contribution in [0.15, 0.2) is 0 Å². The number of carbonyl (C=O) groups excluding carboxylic acids is 1. The Morgan fingerprint density at radius 3 is 2.31 bits per heavy atom. The molecule has 0 aromatic heterocycles. The van der Waals surface area contributed by atoms with Gasteiger partial charge in [0.1, 0.15) is 0 Å². The van der Waals surface area contributed by atoms with Crippen LogP contribution in [0.25, 0.3) is 0 Å². The predicted octanol–water partition coefficient (Wildman–Crippen LogP) is 1.53. The quantitative estimate of drug-likeness (QED) is 0.625. The highest BCUT2D eigenvalue weighted by Gasteiger charge is 2.15. The largest absolute Gasteiger partial charge is 0.465 e. The zero-order valence-electron chi connectivity index (χ0n) is 9.39. The molecule has 0 amide bonds. The number of esters is 1. The number of likely N-dealkylation sites (N-methyl/N-ethyl adjacent to an activating group) is 1. The fourth-order valence-electron chi connectivity index (χ4n) is 1.29. The number of ether oxygens (including phenoxy) is 1. The lowest BCUT2D eigenvalue weighted by atomic mass is 9.96. The van der Waals surface area contributed by atoms with Crippen molar-refractivity contribution in [3.05, 3.63) is 0 Å². The summed E-state index contributed by atoms with van der Waals surface area (Å²) in [5, 5.41) is 0. The van der Waals surface area contributed by atoms with Crippen LogP contribution in [0.1, 0.15) is 27.7 Å². The van der Waals surface area contributed by atoms with Crippen LogP contribution < -0.4 is 0 Å². The van der Waals surface area contributed by atoms with E-state index in [1.54, 1.807) is 0 Å². The average molecular weight is 187 g/mol. The van der Waals surface area contributed by atoms with Crippen LogP contribution in [0.5, 0.6) is 0 Å². The Morgan fingerprint density at radius 1 is 1.38 bits per heavy atom. The van der Waals surface area contributed by atoms with Gasteiger partial charge in [-0.2, -0.15) is 0 Å². The molecule has 0 rings (SSSR count). The monoisotopic (exact) mass is 187 g/mol. The van der Waals surface area contributed by atoms with E-state index >= 15 is 0 Å². The molecule has 3 heteroatoms. The summed E-state index contributed by atoms with van der Waals surface area (Å²) in [6.45, 7) is 10.00. The second-order valence-corrected chi connectivity index (χ2v) is 4.54. The first kappa shape index (κ1) is 12.4. The summed E-state index contributed by atoms with van der Waals surface area (Å²) in [7, 11) is 1.93. The highest BCUT2D eigenvalue weighted by Crippen LogP contribution is 2.13. The second kappa shape index (κ2) is 5.22. The minimum absolute atomic E-state index is 0.144. The maximum absolute atomic E-state index is 11.1. The predicted molar refractivity (Wildman–Crippen MR) is 53.6 cm³/mol. The lowest BCUT2D eigenvalue weighted by molar-refractivity contribution is -0.144. The van der Waals surface area contributed by atoms with Gasteiger partial charge in [0.15, 0.2) is 0 Å². The first-order valence-corrected chi connectivity index (χ1v) is 4.69. The van der Waals surface area contributed by atoms with Crippen LogP contribution in [-0.2, 0) is 9.53 Å². The lowest BCUT2D eigenvalue weighted by Crippen LogP contribution is -2.34.